The average Bonchev–Trinajstić information content (AvgIpc) is 2.60. The van der Waals surface area contributed by atoms with Gasteiger partial charge in [0.25, 0.3) is 0 Å². The molecule has 84 valence electrons. The predicted octanol–water partition coefficient (Wildman–Crippen LogP) is 4.14. The van der Waals surface area contributed by atoms with Gasteiger partial charge in [0.05, 0.1) is 5.69 Å². The molecule has 0 atom stereocenters. The molecular formula is C12H13ClN2S. The number of benzene rings is 1. The summed E-state index contributed by atoms with van der Waals surface area (Å²) in [6.45, 7) is 2.15. The molecule has 2 aromatic rings. The lowest BCUT2D eigenvalue weighted by atomic mass is 10.3. The number of nitrogens with zero attached hydrogens (tertiary/aromatic N) is 1. The van der Waals surface area contributed by atoms with Gasteiger partial charge in [-0.1, -0.05) is 43.2 Å². The zero-order chi connectivity index (χ0) is 11.5. The van der Waals surface area contributed by atoms with Gasteiger partial charge in [-0.05, 0) is 30.7 Å². The molecule has 1 heterocycles. The Labute approximate surface area is 105 Å². The molecule has 0 unspecified atom stereocenters. The topological polar surface area (TPSA) is 20.7 Å². The highest BCUT2D eigenvalue weighted by atomic mass is 35.5. The molecule has 4 heteroatoms. The first kappa shape index (κ1) is 11.4. The van der Waals surface area contributed by atoms with Crippen LogP contribution in [0.1, 0.15) is 19.0 Å². The van der Waals surface area contributed by atoms with E-state index in [9.17, 15) is 0 Å². The molecule has 0 amide bonds. The van der Waals surface area contributed by atoms with Gasteiger partial charge in [-0.3, -0.25) is 5.10 Å². The lowest BCUT2D eigenvalue weighted by molar-refractivity contribution is 0.802. The van der Waals surface area contributed by atoms with E-state index < -0.39 is 0 Å². The Kier molecular flexibility index (Phi) is 3.46. The van der Waals surface area contributed by atoms with Gasteiger partial charge in [0.1, 0.15) is 4.64 Å². The molecule has 0 saturated carbocycles. The second kappa shape index (κ2) is 4.85. The molecule has 2 rings (SSSR count). The van der Waals surface area contributed by atoms with Gasteiger partial charge < -0.3 is 0 Å². The molecule has 0 bridgehead atoms. The summed E-state index contributed by atoms with van der Waals surface area (Å²) in [4.78, 5) is 0. The van der Waals surface area contributed by atoms with Crippen molar-refractivity contribution < 1.29 is 0 Å². The van der Waals surface area contributed by atoms with Crippen LogP contribution in [0.2, 0.25) is 5.02 Å². The van der Waals surface area contributed by atoms with Crippen LogP contribution >= 0.6 is 23.8 Å². The fraction of sp³-hybridized carbons (Fsp3) is 0.250. The van der Waals surface area contributed by atoms with Crippen LogP contribution in [0.25, 0.3) is 5.69 Å². The summed E-state index contributed by atoms with van der Waals surface area (Å²) in [5.41, 5.74) is 2.13. The van der Waals surface area contributed by atoms with E-state index in [4.69, 9.17) is 23.8 Å². The van der Waals surface area contributed by atoms with Gasteiger partial charge >= 0.3 is 0 Å². The van der Waals surface area contributed by atoms with Crippen LogP contribution in [0.15, 0.2) is 30.3 Å². The fourth-order valence-corrected chi connectivity index (χ4v) is 2.13. The van der Waals surface area contributed by atoms with E-state index in [0.717, 1.165) is 28.9 Å². The first-order valence-corrected chi connectivity index (χ1v) is 6.06. The van der Waals surface area contributed by atoms with E-state index in [1.165, 1.54) is 0 Å². The molecular weight excluding hydrogens is 240 g/mol. The summed E-state index contributed by atoms with van der Waals surface area (Å²) in [5.74, 6) is 0. The zero-order valence-corrected chi connectivity index (χ0v) is 10.6. The number of rotatable bonds is 3. The molecule has 0 radical (unpaired) electrons. The number of hydrogen-bond acceptors (Lipinski definition) is 1. The van der Waals surface area contributed by atoms with Gasteiger partial charge in [-0.2, -0.15) is 0 Å². The third-order valence-corrected chi connectivity index (χ3v) is 2.89. The van der Waals surface area contributed by atoms with Gasteiger partial charge in [0.2, 0.25) is 0 Å². The summed E-state index contributed by atoms with van der Waals surface area (Å²) in [5, 5.41) is 3.99. The highest BCUT2D eigenvalue weighted by Crippen LogP contribution is 2.15. The second-order valence-electron chi connectivity index (χ2n) is 3.68. The van der Waals surface area contributed by atoms with Crippen molar-refractivity contribution >= 4 is 23.8 Å². The molecule has 0 spiro atoms. The molecule has 0 aliphatic heterocycles. The fourth-order valence-electron chi connectivity index (χ4n) is 1.65. The first-order valence-electron chi connectivity index (χ1n) is 5.27. The van der Waals surface area contributed by atoms with E-state index in [-0.39, 0.29) is 0 Å². The highest BCUT2D eigenvalue weighted by Gasteiger charge is 2.02. The average molecular weight is 253 g/mol. The summed E-state index contributed by atoms with van der Waals surface area (Å²) in [7, 11) is 0. The van der Waals surface area contributed by atoms with Crippen molar-refractivity contribution in [2.75, 3.05) is 0 Å². The smallest absolute Gasteiger partial charge is 0.127 e. The second-order valence-corrected chi connectivity index (χ2v) is 4.54. The summed E-state index contributed by atoms with van der Waals surface area (Å²) < 4.78 is 2.66. The highest BCUT2D eigenvalue weighted by molar-refractivity contribution is 7.71. The Bertz CT molecular complexity index is 542. The van der Waals surface area contributed by atoms with E-state index in [1.807, 2.05) is 35.0 Å². The molecule has 1 aromatic heterocycles. The monoisotopic (exact) mass is 252 g/mol. The van der Waals surface area contributed by atoms with Crippen molar-refractivity contribution in [2.24, 2.45) is 0 Å². The summed E-state index contributed by atoms with van der Waals surface area (Å²) in [6, 6.07) is 9.64. The number of aromatic nitrogens is 2. The maximum atomic E-state index is 5.95. The standard InChI is InChI=1S/C12H13ClN2S/c1-2-4-10-8-12(16)15(14-10)11-6-3-5-9(13)7-11/h3,5-8,14H,2,4H2,1H3. The molecule has 0 saturated heterocycles. The molecule has 0 aliphatic rings. The lowest BCUT2D eigenvalue weighted by Gasteiger charge is -2.03. The molecule has 1 aromatic carbocycles. The Morgan fingerprint density at radius 3 is 2.88 bits per heavy atom. The van der Waals surface area contributed by atoms with E-state index in [0.29, 0.717) is 5.02 Å². The number of hydrogen-bond donors (Lipinski definition) is 1. The van der Waals surface area contributed by atoms with E-state index in [2.05, 4.69) is 12.0 Å². The Balaban J connectivity index is 2.44. The third kappa shape index (κ3) is 2.36. The van der Waals surface area contributed by atoms with Crippen LogP contribution in [-0.2, 0) is 6.42 Å². The minimum Gasteiger partial charge on any atom is -0.297 e. The normalized spacial score (nSPS) is 10.6. The molecule has 16 heavy (non-hydrogen) atoms. The van der Waals surface area contributed by atoms with Gasteiger partial charge in [-0.15, -0.1) is 0 Å². The number of aromatic amines is 1. The van der Waals surface area contributed by atoms with Crippen molar-refractivity contribution in [1.29, 1.82) is 0 Å². The Hall–Kier alpha value is -1.06. The van der Waals surface area contributed by atoms with Crippen molar-refractivity contribution in [3.05, 3.63) is 45.7 Å². The van der Waals surface area contributed by atoms with Crippen LogP contribution in [-0.4, -0.2) is 9.78 Å². The van der Waals surface area contributed by atoms with Gasteiger partial charge in [-0.25, -0.2) is 4.68 Å². The van der Waals surface area contributed by atoms with Crippen LogP contribution < -0.4 is 0 Å². The number of H-pyrrole nitrogens is 1. The van der Waals surface area contributed by atoms with Crippen LogP contribution in [0.5, 0.6) is 0 Å². The predicted molar refractivity (Wildman–Crippen MR) is 70.0 cm³/mol. The number of nitrogens with one attached hydrogen (secondary N) is 1. The maximum Gasteiger partial charge on any atom is 0.127 e. The van der Waals surface area contributed by atoms with Crippen LogP contribution in [0.4, 0.5) is 0 Å². The SMILES string of the molecule is CCCc1cc(=S)n(-c2cccc(Cl)c2)[nH]1. The molecule has 1 N–H and O–H groups in total. The maximum absolute atomic E-state index is 5.95. The lowest BCUT2D eigenvalue weighted by Crippen LogP contribution is -1.97. The zero-order valence-electron chi connectivity index (χ0n) is 9.03. The molecule has 0 fully saturated rings. The summed E-state index contributed by atoms with van der Waals surface area (Å²) >= 11 is 11.3. The van der Waals surface area contributed by atoms with Gasteiger partial charge in [0, 0.05) is 10.7 Å². The van der Waals surface area contributed by atoms with E-state index >= 15 is 0 Å². The minimum atomic E-state index is 0.714. The van der Waals surface area contributed by atoms with E-state index in [1.54, 1.807) is 0 Å². The van der Waals surface area contributed by atoms with Crippen molar-refractivity contribution in [1.82, 2.24) is 9.78 Å². The third-order valence-electron chi connectivity index (χ3n) is 2.36. The van der Waals surface area contributed by atoms with Crippen molar-refractivity contribution in [3.63, 3.8) is 0 Å². The van der Waals surface area contributed by atoms with Crippen LogP contribution in [0, 0.1) is 4.64 Å². The molecule has 2 nitrogen and oxygen atoms in total. The summed E-state index contributed by atoms with van der Waals surface area (Å²) in [6.07, 6.45) is 2.11. The van der Waals surface area contributed by atoms with Gasteiger partial charge in [0.15, 0.2) is 0 Å². The first-order chi connectivity index (χ1) is 7.70. The van der Waals surface area contributed by atoms with Crippen LogP contribution in [0.3, 0.4) is 0 Å². The quantitative estimate of drug-likeness (QED) is 0.815. The largest absolute Gasteiger partial charge is 0.297 e. The van der Waals surface area contributed by atoms with Crippen molar-refractivity contribution in [3.8, 4) is 5.69 Å². The minimum absolute atomic E-state index is 0.714. The van der Waals surface area contributed by atoms with Crippen molar-refractivity contribution in [2.45, 2.75) is 19.8 Å². The number of aryl methyl sites for hydroxylation is 1. The Morgan fingerprint density at radius 2 is 2.19 bits per heavy atom. The molecule has 0 aliphatic carbocycles. The Morgan fingerprint density at radius 1 is 1.38 bits per heavy atom. The number of halogens is 1.